The van der Waals surface area contributed by atoms with E-state index >= 15 is 0 Å². The molecule has 0 unspecified atom stereocenters. The fraction of sp³-hybridized carbons (Fsp3) is 0.0500. The lowest BCUT2D eigenvalue weighted by atomic mass is 10.1. The molecule has 3 aromatic carbocycles. The van der Waals surface area contributed by atoms with Gasteiger partial charge in [0.15, 0.2) is 0 Å². The van der Waals surface area contributed by atoms with E-state index in [1.54, 1.807) is 6.07 Å². The van der Waals surface area contributed by atoms with Crippen LogP contribution in [-0.2, 0) is 21.2 Å². The van der Waals surface area contributed by atoms with Crippen LogP contribution in [-0.4, -0.2) is 19.2 Å². The van der Waals surface area contributed by atoms with Crippen molar-refractivity contribution in [3.05, 3.63) is 92.5 Å². The Hall–Kier alpha value is -3.14. The number of halogens is 2. The van der Waals surface area contributed by atoms with Crippen molar-refractivity contribution in [1.82, 2.24) is 0 Å². The normalized spacial score (nSPS) is 11.0. The summed E-state index contributed by atoms with van der Waals surface area (Å²) in [5.41, 5.74) is 0.674. The van der Waals surface area contributed by atoms with Crippen molar-refractivity contribution in [1.29, 1.82) is 0 Å². The number of anilines is 2. The van der Waals surface area contributed by atoms with Crippen molar-refractivity contribution in [2.24, 2.45) is 0 Å². The van der Waals surface area contributed by atoms with Crippen LogP contribution in [0.25, 0.3) is 0 Å². The number of benzene rings is 3. The Balaban J connectivity index is 1.70. The van der Waals surface area contributed by atoms with Gasteiger partial charge in [0, 0.05) is 27.4 Å². The van der Waals surface area contributed by atoms with Crippen molar-refractivity contribution in [3.63, 3.8) is 0 Å². The van der Waals surface area contributed by atoms with Gasteiger partial charge in [0.2, 0.25) is 5.91 Å². The average Bonchev–Trinajstić information content (AvgIpc) is 2.67. The molecule has 160 valence electrons. The third-order valence-corrected chi connectivity index (χ3v) is 5.94. The Bertz CT molecular complexity index is 1230. The Kier molecular flexibility index (Phi) is 6.79. The first kappa shape index (κ1) is 22.5. The van der Waals surface area contributed by atoms with Crippen LogP contribution < -0.4 is 10.0 Å². The van der Waals surface area contributed by atoms with Gasteiger partial charge in [-0.2, -0.15) is 0 Å². The monoisotopic (exact) mass is 479 g/mol. The van der Waals surface area contributed by atoms with E-state index in [1.807, 2.05) is 0 Å². The van der Waals surface area contributed by atoms with Gasteiger partial charge in [-0.1, -0.05) is 41.4 Å². The van der Waals surface area contributed by atoms with Crippen LogP contribution in [0.15, 0.2) is 71.6 Å². The second-order valence-electron chi connectivity index (χ2n) is 6.40. The topological polar surface area (TPSA) is 118 Å². The maximum absolute atomic E-state index is 12.6. The summed E-state index contributed by atoms with van der Waals surface area (Å²) in [4.78, 5) is 22.7. The molecule has 0 aliphatic rings. The van der Waals surface area contributed by atoms with Crippen LogP contribution in [0.3, 0.4) is 0 Å². The van der Waals surface area contributed by atoms with Crippen LogP contribution in [0.1, 0.15) is 5.56 Å². The highest BCUT2D eigenvalue weighted by Gasteiger charge is 2.17. The quantitative estimate of drug-likeness (QED) is 0.369. The fourth-order valence-electron chi connectivity index (χ4n) is 2.76. The highest BCUT2D eigenvalue weighted by molar-refractivity contribution is 7.92. The SMILES string of the molecule is O=C(Cc1ccccc1[N+](=O)[O-])Nc1ccc(S(=O)(=O)Nc2cc(Cl)cc(Cl)c2)cc1. The van der Waals surface area contributed by atoms with E-state index < -0.39 is 20.9 Å². The summed E-state index contributed by atoms with van der Waals surface area (Å²) >= 11 is 11.8. The first-order valence-corrected chi connectivity index (χ1v) is 11.0. The van der Waals surface area contributed by atoms with E-state index in [0.717, 1.165) is 0 Å². The zero-order valence-corrected chi connectivity index (χ0v) is 18.0. The molecule has 0 spiro atoms. The van der Waals surface area contributed by atoms with Gasteiger partial charge in [-0.15, -0.1) is 0 Å². The molecule has 0 aromatic heterocycles. The van der Waals surface area contributed by atoms with Gasteiger partial charge in [0.05, 0.1) is 21.9 Å². The summed E-state index contributed by atoms with van der Waals surface area (Å²) in [6.07, 6.45) is -0.200. The van der Waals surface area contributed by atoms with E-state index in [9.17, 15) is 23.3 Å². The first-order valence-electron chi connectivity index (χ1n) is 8.75. The number of carbonyl (C=O) groups is 1. The molecule has 0 radical (unpaired) electrons. The number of nitro groups is 1. The third-order valence-electron chi connectivity index (χ3n) is 4.10. The number of para-hydroxylation sites is 1. The number of hydrogen-bond acceptors (Lipinski definition) is 5. The second kappa shape index (κ2) is 9.34. The van der Waals surface area contributed by atoms with Crippen molar-refractivity contribution >= 4 is 56.2 Å². The van der Waals surface area contributed by atoms with Crippen molar-refractivity contribution in [2.45, 2.75) is 11.3 Å². The molecule has 0 saturated carbocycles. The molecular weight excluding hydrogens is 465 g/mol. The van der Waals surface area contributed by atoms with Crippen molar-refractivity contribution in [2.75, 3.05) is 10.0 Å². The molecule has 0 atom stereocenters. The molecule has 3 aromatic rings. The molecule has 11 heteroatoms. The Morgan fingerprint density at radius 1 is 0.935 bits per heavy atom. The molecule has 0 aliphatic carbocycles. The zero-order chi connectivity index (χ0) is 22.6. The minimum atomic E-state index is -3.91. The van der Waals surface area contributed by atoms with Gasteiger partial charge in [0.1, 0.15) is 0 Å². The molecule has 0 saturated heterocycles. The Morgan fingerprint density at radius 3 is 2.16 bits per heavy atom. The molecule has 2 N–H and O–H groups in total. The lowest BCUT2D eigenvalue weighted by Gasteiger charge is -2.10. The lowest BCUT2D eigenvalue weighted by molar-refractivity contribution is -0.385. The smallest absolute Gasteiger partial charge is 0.273 e. The minimum Gasteiger partial charge on any atom is -0.326 e. The number of nitrogens with zero attached hydrogens (tertiary/aromatic N) is 1. The van der Waals surface area contributed by atoms with E-state index in [0.29, 0.717) is 5.69 Å². The molecule has 0 fully saturated rings. The molecular formula is C20H15Cl2N3O5S. The molecule has 3 rings (SSSR count). The van der Waals surface area contributed by atoms with Crippen LogP contribution >= 0.6 is 23.2 Å². The zero-order valence-electron chi connectivity index (χ0n) is 15.7. The summed E-state index contributed by atoms with van der Waals surface area (Å²) in [7, 11) is -3.91. The van der Waals surface area contributed by atoms with Crippen LogP contribution in [0.5, 0.6) is 0 Å². The predicted octanol–water partition coefficient (Wildman–Crippen LogP) is 4.88. The largest absolute Gasteiger partial charge is 0.326 e. The predicted molar refractivity (Wildman–Crippen MR) is 119 cm³/mol. The van der Waals surface area contributed by atoms with Gasteiger partial charge >= 0.3 is 0 Å². The highest BCUT2D eigenvalue weighted by atomic mass is 35.5. The number of hydrogen-bond donors (Lipinski definition) is 2. The van der Waals surface area contributed by atoms with Crippen LogP contribution in [0.2, 0.25) is 10.0 Å². The number of nitrogens with one attached hydrogen (secondary N) is 2. The third kappa shape index (κ3) is 5.94. The van der Waals surface area contributed by atoms with Gasteiger partial charge in [-0.05, 0) is 42.5 Å². The van der Waals surface area contributed by atoms with E-state index in [1.165, 1.54) is 60.7 Å². The van der Waals surface area contributed by atoms with Crippen molar-refractivity contribution < 1.29 is 18.1 Å². The second-order valence-corrected chi connectivity index (χ2v) is 8.95. The number of nitro benzene ring substituents is 1. The average molecular weight is 480 g/mol. The number of rotatable bonds is 7. The van der Waals surface area contributed by atoms with E-state index in [2.05, 4.69) is 10.0 Å². The lowest BCUT2D eigenvalue weighted by Crippen LogP contribution is -2.16. The van der Waals surface area contributed by atoms with E-state index in [4.69, 9.17) is 23.2 Å². The van der Waals surface area contributed by atoms with E-state index in [-0.39, 0.29) is 38.3 Å². The summed E-state index contributed by atoms with van der Waals surface area (Å²) in [6, 6.07) is 15.7. The molecule has 0 heterocycles. The highest BCUT2D eigenvalue weighted by Crippen LogP contribution is 2.25. The molecule has 8 nitrogen and oxygen atoms in total. The summed E-state index contributed by atoms with van der Waals surface area (Å²) in [5, 5.41) is 14.2. The van der Waals surface area contributed by atoms with Gasteiger partial charge in [-0.3, -0.25) is 19.6 Å². The number of sulfonamides is 1. The van der Waals surface area contributed by atoms with Crippen LogP contribution in [0.4, 0.5) is 17.1 Å². The van der Waals surface area contributed by atoms with Gasteiger partial charge in [-0.25, -0.2) is 8.42 Å². The van der Waals surface area contributed by atoms with Crippen molar-refractivity contribution in [3.8, 4) is 0 Å². The Morgan fingerprint density at radius 2 is 1.55 bits per heavy atom. The van der Waals surface area contributed by atoms with Gasteiger partial charge < -0.3 is 5.32 Å². The first-order chi connectivity index (χ1) is 14.6. The Labute approximate surface area is 188 Å². The standard InChI is InChI=1S/C20H15Cl2N3O5S/c21-14-10-15(22)12-17(11-14)24-31(29,30)18-7-5-16(6-8-18)23-20(26)9-13-3-1-2-4-19(13)25(27)28/h1-8,10-12,24H,9H2,(H,23,26). The fourth-order valence-corrected chi connectivity index (χ4v) is 4.33. The summed E-state index contributed by atoms with van der Waals surface area (Å²) in [6.45, 7) is 0. The molecule has 31 heavy (non-hydrogen) atoms. The molecule has 0 bridgehead atoms. The van der Waals surface area contributed by atoms with Crippen LogP contribution in [0, 0.1) is 10.1 Å². The number of carbonyl (C=O) groups excluding carboxylic acids is 1. The maximum atomic E-state index is 12.6. The van der Waals surface area contributed by atoms with Gasteiger partial charge in [0.25, 0.3) is 15.7 Å². The summed E-state index contributed by atoms with van der Waals surface area (Å²) < 4.78 is 27.5. The molecule has 0 aliphatic heterocycles. The maximum Gasteiger partial charge on any atom is 0.273 e. The minimum absolute atomic E-state index is 0.0414. The molecule has 1 amide bonds. The summed E-state index contributed by atoms with van der Waals surface area (Å²) in [5.74, 6) is -0.475. The number of amides is 1.